The average Bonchev–Trinajstić information content (AvgIpc) is 3.05. The van der Waals surface area contributed by atoms with E-state index in [0.29, 0.717) is 13.0 Å². The highest BCUT2D eigenvalue weighted by Crippen LogP contribution is 2.38. The largest absolute Gasteiger partial charge is 0.462 e. The van der Waals surface area contributed by atoms with E-state index in [4.69, 9.17) is 9.47 Å². The van der Waals surface area contributed by atoms with E-state index < -0.39 is 23.8 Å². The zero-order valence-electron chi connectivity index (χ0n) is 16.1. The van der Waals surface area contributed by atoms with E-state index in [1.165, 1.54) is 29.5 Å². The Balaban J connectivity index is 1.92. The van der Waals surface area contributed by atoms with Gasteiger partial charge in [-0.1, -0.05) is 12.1 Å². The van der Waals surface area contributed by atoms with Crippen molar-refractivity contribution in [2.45, 2.75) is 26.8 Å². The van der Waals surface area contributed by atoms with E-state index in [1.54, 1.807) is 24.8 Å². The summed E-state index contributed by atoms with van der Waals surface area (Å²) in [6.07, 6.45) is -0.00450. The molecule has 0 fully saturated rings. The van der Waals surface area contributed by atoms with E-state index in [9.17, 15) is 18.8 Å². The molecule has 1 aliphatic heterocycles. The molecule has 2 amide bonds. The molecule has 29 heavy (non-hydrogen) atoms. The van der Waals surface area contributed by atoms with Gasteiger partial charge in [-0.25, -0.2) is 14.0 Å². The van der Waals surface area contributed by atoms with Crippen molar-refractivity contribution in [3.8, 4) is 0 Å². The number of ether oxygens (including phenoxy) is 2. The molecule has 0 unspecified atom stereocenters. The van der Waals surface area contributed by atoms with Gasteiger partial charge in [0.1, 0.15) is 10.8 Å². The summed E-state index contributed by atoms with van der Waals surface area (Å²) in [4.78, 5) is 39.5. The van der Waals surface area contributed by atoms with Gasteiger partial charge in [0.15, 0.2) is 0 Å². The van der Waals surface area contributed by atoms with Crippen molar-refractivity contribution >= 4 is 34.3 Å². The maximum Gasteiger partial charge on any atom is 0.410 e. The molecule has 2 aromatic rings. The standard InChI is InChI=1S/C20H21FN2O5S/c1-3-27-19(25)16-13-9-10-23(20(26)28-4-2)11-15(13)29-18(16)22-17(24)12-7-5-6-8-14(12)21/h5-8H,3-4,9-11H2,1-2H3,(H,22,24). The Hall–Kier alpha value is -2.94. The minimum Gasteiger partial charge on any atom is -0.462 e. The monoisotopic (exact) mass is 420 g/mol. The smallest absolute Gasteiger partial charge is 0.410 e. The fraction of sp³-hybridized carbons (Fsp3) is 0.350. The number of hydrogen-bond donors (Lipinski definition) is 1. The van der Waals surface area contributed by atoms with Crippen LogP contribution in [0.3, 0.4) is 0 Å². The van der Waals surface area contributed by atoms with Gasteiger partial charge in [-0.15, -0.1) is 11.3 Å². The molecule has 9 heteroatoms. The Kier molecular flexibility index (Phi) is 6.48. The molecule has 0 radical (unpaired) electrons. The summed E-state index contributed by atoms with van der Waals surface area (Å²) in [5.74, 6) is -1.87. The quantitative estimate of drug-likeness (QED) is 0.743. The molecule has 0 saturated heterocycles. The number of nitrogens with one attached hydrogen (secondary N) is 1. The first-order valence-electron chi connectivity index (χ1n) is 9.25. The maximum atomic E-state index is 14.0. The third kappa shape index (κ3) is 4.40. The van der Waals surface area contributed by atoms with Crippen molar-refractivity contribution in [3.05, 3.63) is 51.7 Å². The number of hydrogen-bond acceptors (Lipinski definition) is 6. The molecule has 7 nitrogen and oxygen atoms in total. The summed E-state index contributed by atoms with van der Waals surface area (Å²) >= 11 is 1.18. The topological polar surface area (TPSA) is 84.9 Å². The Morgan fingerprint density at radius 2 is 1.90 bits per heavy atom. The van der Waals surface area contributed by atoms with Crippen LogP contribution in [0.15, 0.2) is 24.3 Å². The van der Waals surface area contributed by atoms with Crippen LogP contribution in [0.1, 0.15) is 45.0 Å². The predicted molar refractivity (Wildman–Crippen MR) is 106 cm³/mol. The second-order valence-corrected chi connectivity index (χ2v) is 7.34. The molecular formula is C20H21FN2O5S. The minimum atomic E-state index is -0.658. The lowest BCUT2D eigenvalue weighted by molar-refractivity contribution is 0.0526. The number of fused-ring (bicyclic) bond motifs is 1. The summed E-state index contributed by atoms with van der Waals surface area (Å²) in [6.45, 7) is 4.52. The molecular weight excluding hydrogens is 399 g/mol. The highest BCUT2D eigenvalue weighted by Gasteiger charge is 2.31. The molecule has 0 saturated carbocycles. The third-order valence-electron chi connectivity index (χ3n) is 4.41. The van der Waals surface area contributed by atoms with Crippen LogP contribution in [0.2, 0.25) is 0 Å². The lowest BCUT2D eigenvalue weighted by Gasteiger charge is -2.26. The highest BCUT2D eigenvalue weighted by molar-refractivity contribution is 7.17. The van der Waals surface area contributed by atoms with Gasteiger partial charge in [0.05, 0.1) is 30.9 Å². The van der Waals surface area contributed by atoms with E-state index >= 15 is 0 Å². The Morgan fingerprint density at radius 1 is 1.17 bits per heavy atom. The minimum absolute atomic E-state index is 0.123. The van der Waals surface area contributed by atoms with Crippen molar-refractivity contribution in [1.29, 1.82) is 0 Å². The summed E-state index contributed by atoms with van der Waals surface area (Å²) in [6, 6.07) is 5.60. The van der Waals surface area contributed by atoms with Crippen LogP contribution in [-0.2, 0) is 22.4 Å². The number of carbonyl (C=O) groups is 3. The van der Waals surface area contributed by atoms with Gasteiger partial charge in [0.25, 0.3) is 5.91 Å². The maximum absolute atomic E-state index is 14.0. The molecule has 1 aromatic heterocycles. The second kappa shape index (κ2) is 9.04. The number of nitrogens with zero attached hydrogens (tertiary/aromatic N) is 1. The van der Waals surface area contributed by atoms with Crippen molar-refractivity contribution in [1.82, 2.24) is 4.90 Å². The SMILES string of the molecule is CCOC(=O)c1c(NC(=O)c2ccccc2F)sc2c1CCN(C(=O)OCC)C2. The van der Waals surface area contributed by atoms with Crippen LogP contribution in [0.5, 0.6) is 0 Å². The molecule has 1 N–H and O–H groups in total. The first-order valence-corrected chi connectivity index (χ1v) is 10.1. The number of esters is 1. The number of amides is 2. The molecule has 1 aliphatic rings. The van der Waals surface area contributed by atoms with Gasteiger partial charge in [0, 0.05) is 11.4 Å². The first-order chi connectivity index (χ1) is 14.0. The summed E-state index contributed by atoms with van der Waals surface area (Å²) in [5.41, 5.74) is 0.875. The zero-order chi connectivity index (χ0) is 21.0. The van der Waals surface area contributed by atoms with Crippen LogP contribution in [0.4, 0.5) is 14.2 Å². The van der Waals surface area contributed by atoms with Gasteiger partial charge in [-0.05, 0) is 38.0 Å². The Labute approximate surface area is 171 Å². The Morgan fingerprint density at radius 3 is 2.59 bits per heavy atom. The number of halogens is 1. The molecule has 3 rings (SSSR count). The molecule has 154 valence electrons. The third-order valence-corrected chi connectivity index (χ3v) is 5.54. The van der Waals surface area contributed by atoms with Gasteiger partial charge in [0.2, 0.25) is 0 Å². The van der Waals surface area contributed by atoms with Gasteiger partial charge in [-0.2, -0.15) is 0 Å². The first kappa shape index (κ1) is 20.8. The molecule has 0 spiro atoms. The normalized spacial score (nSPS) is 12.9. The van der Waals surface area contributed by atoms with Crippen LogP contribution >= 0.6 is 11.3 Å². The van der Waals surface area contributed by atoms with Crippen LogP contribution in [-0.4, -0.2) is 42.6 Å². The van der Waals surface area contributed by atoms with Crippen LogP contribution in [0.25, 0.3) is 0 Å². The molecule has 0 atom stereocenters. The van der Waals surface area contributed by atoms with Crippen LogP contribution in [0, 0.1) is 5.82 Å². The number of thiophene rings is 1. The lowest BCUT2D eigenvalue weighted by Crippen LogP contribution is -2.36. The zero-order valence-corrected chi connectivity index (χ0v) is 16.9. The Bertz CT molecular complexity index is 943. The second-order valence-electron chi connectivity index (χ2n) is 6.23. The fourth-order valence-electron chi connectivity index (χ4n) is 3.10. The van der Waals surface area contributed by atoms with Gasteiger partial charge >= 0.3 is 12.1 Å². The van der Waals surface area contributed by atoms with E-state index in [-0.39, 0.29) is 35.9 Å². The molecule has 1 aromatic carbocycles. The molecule has 0 bridgehead atoms. The number of anilines is 1. The molecule has 2 heterocycles. The lowest BCUT2D eigenvalue weighted by atomic mass is 10.0. The van der Waals surface area contributed by atoms with E-state index in [0.717, 1.165) is 10.4 Å². The van der Waals surface area contributed by atoms with Crippen molar-refractivity contribution < 1.29 is 28.2 Å². The summed E-state index contributed by atoms with van der Waals surface area (Å²) < 4.78 is 24.2. The average molecular weight is 420 g/mol. The van der Waals surface area contributed by atoms with Crippen molar-refractivity contribution in [3.63, 3.8) is 0 Å². The van der Waals surface area contributed by atoms with E-state index in [2.05, 4.69) is 5.32 Å². The number of rotatable bonds is 5. The number of benzene rings is 1. The summed E-state index contributed by atoms with van der Waals surface area (Å²) in [5, 5.41) is 2.92. The van der Waals surface area contributed by atoms with Crippen LogP contribution < -0.4 is 5.32 Å². The van der Waals surface area contributed by atoms with Crippen molar-refractivity contribution in [2.24, 2.45) is 0 Å². The predicted octanol–water partition coefficient (Wildman–Crippen LogP) is 3.83. The van der Waals surface area contributed by atoms with E-state index in [1.807, 2.05) is 0 Å². The van der Waals surface area contributed by atoms with Gasteiger partial charge in [-0.3, -0.25) is 4.79 Å². The summed E-state index contributed by atoms with van der Waals surface area (Å²) in [7, 11) is 0. The van der Waals surface area contributed by atoms with Crippen molar-refractivity contribution in [2.75, 3.05) is 25.1 Å². The highest BCUT2D eigenvalue weighted by atomic mass is 32.1. The number of carbonyl (C=O) groups excluding carboxylic acids is 3. The molecule has 0 aliphatic carbocycles. The van der Waals surface area contributed by atoms with Gasteiger partial charge < -0.3 is 19.7 Å². The fourth-order valence-corrected chi connectivity index (χ4v) is 4.34.